The first-order valence-corrected chi connectivity index (χ1v) is 7.93. The molecule has 0 aromatic heterocycles. The number of hydrogen-bond acceptors (Lipinski definition) is 3. The number of nitrogens with zero attached hydrogens (tertiary/aromatic N) is 2. The number of esters is 1. The van der Waals surface area contributed by atoms with E-state index < -0.39 is 27.4 Å². The van der Waals surface area contributed by atoms with Crippen molar-refractivity contribution in [3.63, 3.8) is 0 Å². The van der Waals surface area contributed by atoms with Crippen LogP contribution in [0.1, 0.15) is 12.5 Å². The maximum absolute atomic E-state index is 11.9. The van der Waals surface area contributed by atoms with Gasteiger partial charge in [0.2, 0.25) is 0 Å². The molecule has 0 aliphatic carbocycles. The van der Waals surface area contributed by atoms with Gasteiger partial charge < -0.3 is 15.6 Å². The summed E-state index contributed by atoms with van der Waals surface area (Å²) in [4.78, 5) is 26.6. The lowest BCUT2D eigenvalue weighted by Gasteiger charge is -2.15. The fraction of sp³-hybridized carbons (Fsp3) is 0.267. The van der Waals surface area contributed by atoms with Gasteiger partial charge >= 0.3 is 11.7 Å². The molecule has 1 rings (SSSR count). The van der Waals surface area contributed by atoms with E-state index in [4.69, 9.17) is 45.1 Å². The Kier molecular flexibility index (Phi) is 7.95. The number of alkyl halides is 3. The third-order valence-corrected chi connectivity index (χ3v) is 3.23. The molecule has 0 bridgehead atoms. The second kappa shape index (κ2) is 9.45. The molecular weight excluding hydrogens is 377 g/mol. The van der Waals surface area contributed by atoms with Crippen molar-refractivity contribution in [1.82, 2.24) is 5.32 Å². The zero-order valence-corrected chi connectivity index (χ0v) is 14.8. The normalized spacial score (nSPS) is 12.3. The van der Waals surface area contributed by atoms with Crippen LogP contribution >= 0.6 is 34.8 Å². The molecular formula is C15H14Cl3N3O3. The number of carbonyl (C=O) groups excluding carboxylic acids is 2. The van der Waals surface area contributed by atoms with Gasteiger partial charge in [0, 0.05) is 0 Å². The van der Waals surface area contributed by atoms with E-state index in [-0.39, 0.29) is 6.61 Å². The standard InChI is InChI=1S/C15H14Cl3N3O3/c1-2-24-13(22)12(21-19)11(20-14(23)15(16,17)18)9-8-10-6-4-3-5-7-10/h3-9,11H,2H2,1H3,(H,20,23). The zero-order valence-electron chi connectivity index (χ0n) is 12.6. The van der Waals surface area contributed by atoms with Crippen LogP contribution in [-0.2, 0) is 14.3 Å². The summed E-state index contributed by atoms with van der Waals surface area (Å²) in [6.07, 6.45) is 3.02. The Balaban J connectivity index is 3.11. The molecule has 0 aliphatic heterocycles. The molecule has 1 atom stereocenters. The van der Waals surface area contributed by atoms with Crippen LogP contribution in [0, 0.1) is 0 Å². The van der Waals surface area contributed by atoms with Gasteiger partial charge in [-0.25, -0.2) is 4.79 Å². The lowest BCUT2D eigenvalue weighted by atomic mass is 10.1. The first-order chi connectivity index (χ1) is 11.3. The van der Waals surface area contributed by atoms with E-state index in [0.717, 1.165) is 5.56 Å². The highest BCUT2D eigenvalue weighted by Gasteiger charge is 2.38. The van der Waals surface area contributed by atoms with Crippen LogP contribution in [0.4, 0.5) is 0 Å². The average Bonchev–Trinajstić information content (AvgIpc) is 2.53. The van der Waals surface area contributed by atoms with Crippen LogP contribution in [0.2, 0.25) is 0 Å². The lowest BCUT2D eigenvalue weighted by Crippen LogP contribution is -2.47. The minimum Gasteiger partial charge on any atom is -0.457 e. The summed E-state index contributed by atoms with van der Waals surface area (Å²) in [6, 6.07) is 7.88. The fourth-order valence-electron chi connectivity index (χ4n) is 1.64. The number of halogens is 3. The molecule has 0 radical (unpaired) electrons. The van der Waals surface area contributed by atoms with E-state index in [1.165, 1.54) is 6.08 Å². The second-order valence-corrected chi connectivity index (χ2v) is 6.71. The molecule has 0 aliphatic rings. The molecule has 0 fully saturated rings. The summed E-state index contributed by atoms with van der Waals surface area (Å²) in [6.45, 7) is 1.65. The Morgan fingerprint density at radius 2 is 1.96 bits per heavy atom. The third kappa shape index (κ3) is 6.34. The van der Waals surface area contributed by atoms with E-state index in [2.05, 4.69) is 10.1 Å². The number of ether oxygens (including phenoxy) is 1. The highest BCUT2D eigenvalue weighted by atomic mass is 35.6. The van der Waals surface area contributed by atoms with Gasteiger partial charge in [-0.05, 0) is 18.6 Å². The number of amides is 1. The first-order valence-electron chi connectivity index (χ1n) is 6.79. The van der Waals surface area contributed by atoms with Crippen LogP contribution in [0.3, 0.4) is 0 Å². The molecule has 1 N–H and O–H groups in total. The molecule has 24 heavy (non-hydrogen) atoms. The predicted molar refractivity (Wildman–Crippen MR) is 93.0 cm³/mol. The topological polar surface area (TPSA) is 91.8 Å². The Morgan fingerprint density at radius 1 is 1.33 bits per heavy atom. The maximum Gasteiger partial charge on any atom is 0.419 e. The molecule has 0 saturated heterocycles. The highest BCUT2D eigenvalue weighted by Crippen LogP contribution is 2.26. The monoisotopic (exact) mass is 389 g/mol. The molecule has 9 heteroatoms. The van der Waals surface area contributed by atoms with Crippen molar-refractivity contribution < 1.29 is 19.1 Å². The first kappa shape index (κ1) is 20.2. The van der Waals surface area contributed by atoms with E-state index in [1.807, 2.05) is 6.07 Å². The summed E-state index contributed by atoms with van der Waals surface area (Å²) in [5.74, 6) is -1.90. The van der Waals surface area contributed by atoms with E-state index >= 15 is 0 Å². The van der Waals surface area contributed by atoms with Gasteiger partial charge in [-0.3, -0.25) is 4.79 Å². The molecule has 1 unspecified atom stereocenters. The van der Waals surface area contributed by atoms with Gasteiger partial charge in [0.05, 0.1) is 6.61 Å². The van der Waals surface area contributed by atoms with Crippen LogP contribution in [-0.4, -0.2) is 38.8 Å². The second-order valence-electron chi connectivity index (χ2n) is 4.42. The van der Waals surface area contributed by atoms with Crippen LogP contribution in [0.25, 0.3) is 11.6 Å². The van der Waals surface area contributed by atoms with Crippen molar-refractivity contribution in [2.45, 2.75) is 16.8 Å². The van der Waals surface area contributed by atoms with Gasteiger partial charge in [-0.2, -0.15) is 4.79 Å². The molecule has 1 aromatic carbocycles. The zero-order chi connectivity index (χ0) is 18.2. The van der Waals surface area contributed by atoms with Crippen molar-refractivity contribution in [1.29, 1.82) is 0 Å². The highest BCUT2D eigenvalue weighted by molar-refractivity contribution is 6.76. The van der Waals surface area contributed by atoms with Gasteiger partial charge in [0.25, 0.3) is 9.70 Å². The van der Waals surface area contributed by atoms with Gasteiger partial charge in [0.15, 0.2) is 6.04 Å². The summed E-state index contributed by atoms with van der Waals surface area (Å²) >= 11 is 16.5. The predicted octanol–water partition coefficient (Wildman–Crippen LogP) is 2.79. The van der Waals surface area contributed by atoms with Gasteiger partial charge in [-0.1, -0.05) is 71.2 Å². The molecule has 0 heterocycles. The van der Waals surface area contributed by atoms with E-state index in [0.29, 0.717) is 0 Å². The largest absolute Gasteiger partial charge is 0.457 e. The number of hydrogen-bond donors (Lipinski definition) is 1. The molecule has 128 valence electrons. The van der Waals surface area contributed by atoms with Gasteiger partial charge in [-0.15, -0.1) is 0 Å². The summed E-state index contributed by atoms with van der Waals surface area (Å²) in [7, 11) is 0. The minimum absolute atomic E-state index is 0.0609. The lowest BCUT2D eigenvalue weighted by molar-refractivity contribution is -0.140. The van der Waals surface area contributed by atoms with Crippen LogP contribution < -0.4 is 5.32 Å². The average molecular weight is 391 g/mol. The van der Waals surface area contributed by atoms with Crippen molar-refractivity contribution in [2.75, 3.05) is 6.61 Å². The number of nitrogens with one attached hydrogen (secondary N) is 1. The van der Waals surface area contributed by atoms with Crippen molar-refractivity contribution in [3.8, 4) is 0 Å². The Bertz CT molecular complexity index is 666. The third-order valence-electron chi connectivity index (χ3n) is 2.71. The van der Waals surface area contributed by atoms with Crippen molar-refractivity contribution in [2.24, 2.45) is 0 Å². The maximum atomic E-state index is 11.9. The van der Waals surface area contributed by atoms with Crippen LogP contribution in [0.5, 0.6) is 0 Å². The summed E-state index contributed by atoms with van der Waals surface area (Å²) < 4.78 is 2.54. The minimum atomic E-state index is -2.24. The van der Waals surface area contributed by atoms with E-state index in [9.17, 15) is 9.59 Å². The Labute approximate surface area is 154 Å². The van der Waals surface area contributed by atoms with Gasteiger partial charge in [0.1, 0.15) is 0 Å². The van der Waals surface area contributed by atoms with Crippen molar-refractivity contribution in [3.05, 3.63) is 47.5 Å². The number of carbonyl (C=O) groups is 2. The summed E-state index contributed by atoms with van der Waals surface area (Å²) in [5.41, 5.74) is 9.44. The number of rotatable bonds is 6. The Hall–Kier alpha value is -1.85. The van der Waals surface area contributed by atoms with E-state index in [1.54, 1.807) is 37.3 Å². The molecule has 1 aromatic rings. The SMILES string of the molecule is CCOC(=O)C(=[N+]=[N-])C(C=Cc1ccccc1)NC(=O)C(Cl)(Cl)Cl. The van der Waals surface area contributed by atoms with Crippen LogP contribution in [0.15, 0.2) is 36.4 Å². The fourth-order valence-corrected chi connectivity index (χ4v) is 1.80. The Morgan fingerprint density at radius 3 is 2.46 bits per heavy atom. The number of benzene rings is 1. The van der Waals surface area contributed by atoms with Crippen molar-refractivity contribution >= 4 is 58.5 Å². The molecule has 1 amide bonds. The quantitative estimate of drug-likeness (QED) is 0.266. The summed E-state index contributed by atoms with van der Waals surface area (Å²) in [5, 5.41) is 2.30. The smallest absolute Gasteiger partial charge is 0.419 e. The molecule has 0 saturated carbocycles. The molecule has 0 spiro atoms. The molecule has 6 nitrogen and oxygen atoms in total.